The SMILES string of the molecule is COc1c(C(=O)Nc2nc3c(s2)CCCC3)occc1=O. The fourth-order valence-corrected chi connectivity index (χ4v) is 3.36. The predicted octanol–water partition coefficient (Wildman–Crippen LogP) is 2.24. The largest absolute Gasteiger partial charge is 0.489 e. The first-order chi connectivity index (χ1) is 10.2. The molecule has 110 valence electrons. The third-order valence-electron chi connectivity index (χ3n) is 3.31. The van der Waals surface area contributed by atoms with E-state index in [9.17, 15) is 9.59 Å². The Labute approximate surface area is 124 Å². The highest BCUT2D eigenvalue weighted by Gasteiger charge is 2.21. The minimum atomic E-state index is -0.532. The average Bonchev–Trinajstić information content (AvgIpc) is 2.89. The minimum Gasteiger partial charge on any atom is -0.489 e. The van der Waals surface area contributed by atoms with Crippen LogP contribution in [-0.4, -0.2) is 18.0 Å². The van der Waals surface area contributed by atoms with E-state index in [0.29, 0.717) is 5.13 Å². The van der Waals surface area contributed by atoms with E-state index < -0.39 is 11.3 Å². The van der Waals surface area contributed by atoms with Crippen molar-refractivity contribution in [3.63, 3.8) is 0 Å². The highest BCUT2D eigenvalue weighted by molar-refractivity contribution is 7.15. The fourth-order valence-electron chi connectivity index (χ4n) is 2.31. The summed E-state index contributed by atoms with van der Waals surface area (Å²) in [6.45, 7) is 0. The van der Waals surface area contributed by atoms with Gasteiger partial charge in [-0.1, -0.05) is 0 Å². The first-order valence-electron chi connectivity index (χ1n) is 6.65. The summed E-state index contributed by atoms with van der Waals surface area (Å²) in [5.41, 5.74) is 0.662. The molecule has 0 aromatic carbocycles. The number of amides is 1. The molecule has 1 N–H and O–H groups in total. The maximum absolute atomic E-state index is 12.2. The Bertz CT molecular complexity index is 711. The molecule has 3 rings (SSSR count). The molecule has 7 heteroatoms. The van der Waals surface area contributed by atoms with Gasteiger partial charge in [-0.2, -0.15) is 0 Å². The van der Waals surface area contributed by atoms with Crippen molar-refractivity contribution < 1.29 is 13.9 Å². The number of aromatic nitrogens is 1. The Morgan fingerprint density at radius 1 is 1.43 bits per heavy atom. The van der Waals surface area contributed by atoms with Crippen molar-refractivity contribution in [3.8, 4) is 5.75 Å². The molecule has 2 aromatic rings. The van der Waals surface area contributed by atoms with Gasteiger partial charge in [-0.15, -0.1) is 11.3 Å². The molecular formula is C14H14N2O4S. The number of nitrogens with one attached hydrogen (secondary N) is 1. The van der Waals surface area contributed by atoms with Gasteiger partial charge >= 0.3 is 0 Å². The highest BCUT2D eigenvalue weighted by atomic mass is 32.1. The van der Waals surface area contributed by atoms with Crippen LogP contribution in [0.5, 0.6) is 5.75 Å². The average molecular weight is 306 g/mol. The molecule has 0 spiro atoms. The number of carbonyl (C=O) groups excluding carboxylic acids is 1. The van der Waals surface area contributed by atoms with Gasteiger partial charge in [0.25, 0.3) is 5.91 Å². The Balaban J connectivity index is 1.85. The van der Waals surface area contributed by atoms with Gasteiger partial charge in [0.15, 0.2) is 5.13 Å². The Morgan fingerprint density at radius 2 is 2.24 bits per heavy atom. The normalized spacial score (nSPS) is 13.6. The van der Waals surface area contributed by atoms with Gasteiger partial charge in [-0.3, -0.25) is 14.9 Å². The van der Waals surface area contributed by atoms with Gasteiger partial charge in [-0.05, 0) is 25.7 Å². The second-order valence-corrected chi connectivity index (χ2v) is 5.78. The molecule has 0 unspecified atom stereocenters. The number of methoxy groups -OCH3 is 1. The summed E-state index contributed by atoms with van der Waals surface area (Å²) in [6.07, 6.45) is 5.42. The maximum atomic E-state index is 12.2. The minimum absolute atomic E-state index is 0.101. The van der Waals surface area contributed by atoms with Crippen molar-refractivity contribution in [2.45, 2.75) is 25.7 Å². The van der Waals surface area contributed by atoms with E-state index in [1.54, 1.807) is 0 Å². The van der Waals surface area contributed by atoms with Gasteiger partial charge in [0.05, 0.1) is 19.1 Å². The van der Waals surface area contributed by atoms with Gasteiger partial charge in [0.1, 0.15) is 0 Å². The van der Waals surface area contributed by atoms with E-state index in [-0.39, 0.29) is 11.5 Å². The number of ether oxygens (including phenoxy) is 1. The van der Waals surface area contributed by atoms with Gasteiger partial charge < -0.3 is 9.15 Å². The van der Waals surface area contributed by atoms with Crippen LogP contribution in [0.25, 0.3) is 0 Å². The smallest absolute Gasteiger partial charge is 0.297 e. The van der Waals surface area contributed by atoms with Gasteiger partial charge in [-0.25, -0.2) is 4.98 Å². The molecule has 0 saturated heterocycles. The van der Waals surface area contributed by atoms with Crippen molar-refractivity contribution in [2.75, 3.05) is 12.4 Å². The summed E-state index contributed by atoms with van der Waals surface area (Å²) in [5, 5.41) is 3.20. The van der Waals surface area contributed by atoms with E-state index in [1.807, 2.05) is 0 Å². The van der Waals surface area contributed by atoms with E-state index in [1.165, 1.54) is 35.7 Å². The number of hydrogen-bond acceptors (Lipinski definition) is 6. The van der Waals surface area contributed by atoms with E-state index in [0.717, 1.165) is 31.4 Å². The Hall–Kier alpha value is -2.15. The molecule has 2 aromatic heterocycles. The highest BCUT2D eigenvalue weighted by Crippen LogP contribution is 2.30. The number of anilines is 1. The molecule has 1 aliphatic rings. The molecule has 0 bridgehead atoms. The van der Waals surface area contributed by atoms with Crippen molar-refractivity contribution in [3.05, 3.63) is 38.9 Å². The molecule has 0 fully saturated rings. The Morgan fingerprint density at radius 3 is 3.00 bits per heavy atom. The topological polar surface area (TPSA) is 81.4 Å². The quantitative estimate of drug-likeness (QED) is 0.940. The third kappa shape index (κ3) is 2.69. The van der Waals surface area contributed by atoms with Crippen LogP contribution < -0.4 is 15.5 Å². The molecular weight excluding hydrogens is 292 g/mol. The summed E-state index contributed by atoms with van der Waals surface area (Å²) in [5.74, 6) is -0.773. The first-order valence-corrected chi connectivity index (χ1v) is 7.46. The first kappa shape index (κ1) is 13.8. The molecule has 1 aliphatic carbocycles. The number of nitrogens with zero attached hydrogens (tertiary/aromatic N) is 1. The van der Waals surface area contributed by atoms with Crippen LogP contribution in [-0.2, 0) is 12.8 Å². The second kappa shape index (κ2) is 5.69. The van der Waals surface area contributed by atoms with Crippen molar-refractivity contribution in [1.82, 2.24) is 4.98 Å². The van der Waals surface area contributed by atoms with Crippen molar-refractivity contribution in [1.29, 1.82) is 0 Å². The lowest BCUT2D eigenvalue weighted by Crippen LogP contribution is -2.17. The number of rotatable bonds is 3. The van der Waals surface area contributed by atoms with Gasteiger partial charge in [0, 0.05) is 10.9 Å². The number of thiazole rings is 1. The Kier molecular flexibility index (Phi) is 3.74. The monoisotopic (exact) mass is 306 g/mol. The van der Waals surface area contributed by atoms with Crippen LogP contribution in [0, 0.1) is 0 Å². The van der Waals surface area contributed by atoms with Crippen LogP contribution in [0.4, 0.5) is 5.13 Å². The molecule has 0 atom stereocenters. The van der Waals surface area contributed by atoms with Crippen LogP contribution >= 0.6 is 11.3 Å². The number of carbonyl (C=O) groups is 1. The van der Waals surface area contributed by atoms with Crippen LogP contribution in [0.3, 0.4) is 0 Å². The molecule has 0 saturated carbocycles. The van der Waals surface area contributed by atoms with E-state index >= 15 is 0 Å². The number of hydrogen-bond donors (Lipinski definition) is 1. The molecule has 1 amide bonds. The second-order valence-electron chi connectivity index (χ2n) is 4.70. The maximum Gasteiger partial charge on any atom is 0.297 e. The summed E-state index contributed by atoms with van der Waals surface area (Å²) < 4.78 is 10.0. The lowest BCUT2D eigenvalue weighted by atomic mass is 10.0. The van der Waals surface area contributed by atoms with E-state index in [2.05, 4.69) is 10.3 Å². The van der Waals surface area contributed by atoms with Crippen LogP contribution in [0.2, 0.25) is 0 Å². The lowest BCUT2D eigenvalue weighted by molar-refractivity contribution is 0.0989. The molecule has 0 radical (unpaired) electrons. The molecule has 2 heterocycles. The van der Waals surface area contributed by atoms with Crippen molar-refractivity contribution in [2.24, 2.45) is 0 Å². The number of aryl methyl sites for hydroxylation is 2. The fraction of sp³-hybridized carbons (Fsp3) is 0.357. The molecule has 0 aliphatic heterocycles. The predicted molar refractivity (Wildman–Crippen MR) is 78.2 cm³/mol. The van der Waals surface area contributed by atoms with Crippen LogP contribution in [0.1, 0.15) is 34.0 Å². The summed E-state index contributed by atoms with van der Waals surface area (Å²) in [7, 11) is 1.32. The van der Waals surface area contributed by atoms with Gasteiger partial charge in [0.2, 0.25) is 16.9 Å². The summed E-state index contributed by atoms with van der Waals surface area (Å²) in [4.78, 5) is 29.5. The van der Waals surface area contributed by atoms with E-state index in [4.69, 9.17) is 9.15 Å². The zero-order valence-corrected chi connectivity index (χ0v) is 12.3. The zero-order chi connectivity index (χ0) is 14.8. The summed E-state index contributed by atoms with van der Waals surface area (Å²) >= 11 is 1.47. The molecule has 6 nitrogen and oxygen atoms in total. The lowest BCUT2D eigenvalue weighted by Gasteiger charge is -2.06. The third-order valence-corrected chi connectivity index (χ3v) is 4.38. The summed E-state index contributed by atoms with van der Waals surface area (Å²) in [6, 6.07) is 1.21. The number of fused-ring (bicyclic) bond motifs is 1. The molecule has 21 heavy (non-hydrogen) atoms. The standard InChI is InChI=1S/C14H14N2O4S/c1-19-11-9(17)6-7-20-12(11)13(18)16-14-15-8-4-2-3-5-10(8)21-14/h6-7H,2-5H2,1H3,(H,15,16,18). The van der Waals surface area contributed by atoms with Crippen molar-refractivity contribution >= 4 is 22.4 Å². The zero-order valence-electron chi connectivity index (χ0n) is 11.5. The van der Waals surface area contributed by atoms with Crippen LogP contribution in [0.15, 0.2) is 21.5 Å².